The Hall–Kier alpha value is -0.860. The normalized spacial score (nSPS) is 17.8. The van der Waals surface area contributed by atoms with Crippen LogP contribution in [0.25, 0.3) is 0 Å². The average molecular weight is 250 g/mol. The third-order valence-electron chi connectivity index (χ3n) is 2.93. The van der Waals surface area contributed by atoms with Crippen molar-refractivity contribution in [2.75, 3.05) is 39.8 Å². The van der Waals surface area contributed by atoms with E-state index < -0.39 is 0 Å². The monoisotopic (exact) mass is 250 g/mol. The number of likely N-dealkylation sites (N-methyl/N-ethyl adjacent to an activating group) is 1. The fraction of sp³-hybridized carbons (Fsp3) is 0.538. The Kier molecular flexibility index (Phi) is 4.57. The van der Waals surface area contributed by atoms with Crippen LogP contribution in [0.1, 0.15) is 9.75 Å². The lowest BCUT2D eigenvalue weighted by Crippen LogP contribution is -2.43. The van der Waals surface area contributed by atoms with Gasteiger partial charge in [-0.1, -0.05) is 11.8 Å². The maximum atomic E-state index is 8.64. The van der Waals surface area contributed by atoms with Crippen molar-refractivity contribution in [3.8, 4) is 11.8 Å². The molecule has 0 spiro atoms. The maximum Gasteiger partial charge on any atom is 0.104 e. The first kappa shape index (κ1) is 12.6. The molecule has 0 amide bonds. The topological polar surface area (TPSA) is 26.7 Å². The van der Waals surface area contributed by atoms with E-state index in [0.29, 0.717) is 0 Å². The summed E-state index contributed by atoms with van der Waals surface area (Å²) in [6.07, 6.45) is 0. The molecule has 1 aliphatic heterocycles. The Morgan fingerprint density at radius 1 is 1.29 bits per heavy atom. The number of hydrogen-bond acceptors (Lipinski definition) is 4. The predicted molar refractivity (Wildman–Crippen MR) is 71.1 cm³/mol. The van der Waals surface area contributed by atoms with Crippen molar-refractivity contribution in [2.45, 2.75) is 6.54 Å². The summed E-state index contributed by atoms with van der Waals surface area (Å²) in [7, 11) is 2.17. The van der Waals surface area contributed by atoms with Crippen molar-refractivity contribution in [1.29, 1.82) is 0 Å². The lowest BCUT2D eigenvalue weighted by Gasteiger charge is -2.31. The van der Waals surface area contributed by atoms with E-state index in [4.69, 9.17) is 5.11 Å². The Balaban J connectivity index is 1.88. The van der Waals surface area contributed by atoms with Crippen LogP contribution in [0.4, 0.5) is 0 Å². The molecule has 1 saturated heterocycles. The molecule has 17 heavy (non-hydrogen) atoms. The van der Waals surface area contributed by atoms with E-state index in [-0.39, 0.29) is 6.61 Å². The molecular formula is C13H18N2OS. The molecule has 92 valence electrons. The van der Waals surface area contributed by atoms with Gasteiger partial charge in [0, 0.05) is 37.6 Å². The molecule has 1 aromatic rings. The molecule has 0 atom stereocenters. The lowest BCUT2D eigenvalue weighted by molar-refractivity contribution is 0.149. The highest BCUT2D eigenvalue weighted by atomic mass is 32.1. The van der Waals surface area contributed by atoms with Gasteiger partial charge in [0.1, 0.15) is 6.61 Å². The first-order chi connectivity index (χ1) is 8.28. The van der Waals surface area contributed by atoms with E-state index in [0.717, 1.165) is 37.6 Å². The second-order valence-corrected chi connectivity index (χ2v) is 5.47. The summed E-state index contributed by atoms with van der Waals surface area (Å²) in [6, 6.07) is 4.18. The van der Waals surface area contributed by atoms with Gasteiger partial charge in [-0.2, -0.15) is 0 Å². The molecule has 0 saturated carbocycles. The summed E-state index contributed by atoms with van der Waals surface area (Å²) in [5, 5.41) is 8.64. The number of rotatable bonds is 2. The second-order valence-electron chi connectivity index (χ2n) is 4.31. The Bertz CT molecular complexity index is 411. The van der Waals surface area contributed by atoms with Crippen molar-refractivity contribution in [1.82, 2.24) is 9.80 Å². The maximum absolute atomic E-state index is 8.64. The van der Waals surface area contributed by atoms with Crippen LogP contribution < -0.4 is 0 Å². The lowest BCUT2D eigenvalue weighted by atomic mass is 10.3. The van der Waals surface area contributed by atoms with Gasteiger partial charge < -0.3 is 10.0 Å². The molecular weight excluding hydrogens is 232 g/mol. The molecule has 1 N–H and O–H groups in total. The molecule has 0 aromatic carbocycles. The smallest absolute Gasteiger partial charge is 0.104 e. The third kappa shape index (κ3) is 3.83. The van der Waals surface area contributed by atoms with Crippen LogP contribution in [0.3, 0.4) is 0 Å². The number of aliphatic hydroxyl groups is 1. The zero-order valence-corrected chi connectivity index (χ0v) is 11.0. The van der Waals surface area contributed by atoms with Crippen molar-refractivity contribution in [3.63, 3.8) is 0 Å². The Morgan fingerprint density at radius 2 is 2.06 bits per heavy atom. The van der Waals surface area contributed by atoms with E-state index >= 15 is 0 Å². The third-order valence-corrected chi connectivity index (χ3v) is 3.91. The molecule has 0 bridgehead atoms. The van der Waals surface area contributed by atoms with E-state index in [9.17, 15) is 0 Å². The molecule has 1 aromatic heterocycles. The van der Waals surface area contributed by atoms with Crippen LogP contribution >= 0.6 is 11.3 Å². The van der Waals surface area contributed by atoms with Crippen LogP contribution in [0, 0.1) is 11.8 Å². The second kappa shape index (κ2) is 6.18. The van der Waals surface area contributed by atoms with E-state index in [2.05, 4.69) is 34.8 Å². The number of aliphatic hydroxyl groups excluding tert-OH is 1. The summed E-state index contributed by atoms with van der Waals surface area (Å²) >= 11 is 1.73. The molecule has 4 heteroatoms. The number of hydrogen-bond donors (Lipinski definition) is 1. The number of piperazine rings is 1. The largest absolute Gasteiger partial charge is 0.384 e. The van der Waals surface area contributed by atoms with Crippen molar-refractivity contribution < 1.29 is 5.11 Å². The van der Waals surface area contributed by atoms with Gasteiger partial charge >= 0.3 is 0 Å². The van der Waals surface area contributed by atoms with Crippen LogP contribution in [0.15, 0.2) is 12.1 Å². The van der Waals surface area contributed by atoms with Crippen molar-refractivity contribution >= 4 is 11.3 Å². The highest BCUT2D eigenvalue weighted by Crippen LogP contribution is 2.18. The minimum atomic E-state index is -0.0638. The van der Waals surface area contributed by atoms with Gasteiger partial charge in [-0.05, 0) is 19.2 Å². The fourth-order valence-corrected chi connectivity index (χ4v) is 2.81. The van der Waals surface area contributed by atoms with E-state index in [1.807, 2.05) is 6.07 Å². The minimum absolute atomic E-state index is 0.0638. The quantitative estimate of drug-likeness (QED) is 0.788. The summed E-state index contributed by atoms with van der Waals surface area (Å²) in [6.45, 7) is 5.56. The standard InChI is InChI=1S/C13H18N2OS/c1-14-6-8-15(9-7-14)11-13-5-4-12(17-13)3-2-10-16/h4-5,16H,6-11H2,1H3. The number of thiophene rings is 1. The molecule has 2 heterocycles. The average Bonchev–Trinajstić information content (AvgIpc) is 2.77. The summed E-state index contributed by atoms with van der Waals surface area (Å²) in [5.41, 5.74) is 0. The highest BCUT2D eigenvalue weighted by Gasteiger charge is 2.14. The van der Waals surface area contributed by atoms with Crippen molar-refractivity contribution in [3.05, 3.63) is 21.9 Å². The SMILES string of the molecule is CN1CCN(Cc2ccc(C#CCO)s2)CC1. The van der Waals surface area contributed by atoms with Gasteiger partial charge in [-0.15, -0.1) is 11.3 Å². The van der Waals surface area contributed by atoms with Gasteiger partial charge in [0.2, 0.25) is 0 Å². The molecule has 0 aliphatic carbocycles. The molecule has 2 rings (SSSR count). The van der Waals surface area contributed by atoms with Gasteiger partial charge in [0.25, 0.3) is 0 Å². The Morgan fingerprint density at radius 3 is 2.76 bits per heavy atom. The predicted octanol–water partition coefficient (Wildman–Crippen LogP) is 0.839. The van der Waals surface area contributed by atoms with Crippen LogP contribution in [0.5, 0.6) is 0 Å². The molecule has 0 unspecified atom stereocenters. The molecule has 0 radical (unpaired) electrons. The fourth-order valence-electron chi connectivity index (χ4n) is 1.88. The van der Waals surface area contributed by atoms with Gasteiger partial charge in [-0.3, -0.25) is 4.90 Å². The zero-order chi connectivity index (χ0) is 12.1. The summed E-state index contributed by atoms with van der Waals surface area (Å²) < 4.78 is 0. The minimum Gasteiger partial charge on any atom is -0.384 e. The van der Waals surface area contributed by atoms with Gasteiger partial charge in [0.15, 0.2) is 0 Å². The van der Waals surface area contributed by atoms with Gasteiger partial charge in [0.05, 0.1) is 4.88 Å². The Labute approximate surface area is 107 Å². The first-order valence-electron chi connectivity index (χ1n) is 5.87. The highest BCUT2D eigenvalue weighted by molar-refractivity contribution is 7.12. The summed E-state index contributed by atoms with van der Waals surface area (Å²) in [4.78, 5) is 7.25. The first-order valence-corrected chi connectivity index (χ1v) is 6.69. The zero-order valence-electron chi connectivity index (χ0n) is 10.1. The van der Waals surface area contributed by atoms with Crippen LogP contribution in [0.2, 0.25) is 0 Å². The van der Waals surface area contributed by atoms with Crippen molar-refractivity contribution in [2.24, 2.45) is 0 Å². The van der Waals surface area contributed by atoms with Crippen LogP contribution in [-0.4, -0.2) is 54.7 Å². The molecule has 1 fully saturated rings. The van der Waals surface area contributed by atoms with Gasteiger partial charge in [-0.25, -0.2) is 0 Å². The molecule has 1 aliphatic rings. The summed E-state index contributed by atoms with van der Waals surface area (Å²) in [5.74, 6) is 5.63. The van der Waals surface area contributed by atoms with E-state index in [1.165, 1.54) is 4.88 Å². The van der Waals surface area contributed by atoms with E-state index in [1.54, 1.807) is 11.3 Å². The number of nitrogens with zero attached hydrogens (tertiary/aromatic N) is 2. The molecule has 3 nitrogen and oxygen atoms in total. The van der Waals surface area contributed by atoms with Crippen LogP contribution in [-0.2, 0) is 6.54 Å².